The number of nitrogen functional groups attached to an aromatic ring is 1. The summed E-state index contributed by atoms with van der Waals surface area (Å²) < 4.78 is 5.15. The average molecular weight is 260 g/mol. The molecule has 3 N–H and O–H groups in total. The second-order valence-electron chi connectivity index (χ2n) is 4.21. The molecule has 6 nitrogen and oxygen atoms in total. The average Bonchev–Trinajstić information content (AvgIpc) is 2.84. The van der Waals surface area contributed by atoms with Crippen LogP contribution in [-0.2, 0) is 6.54 Å². The van der Waals surface area contributed by atoms with Gasteiger partial charge in [0, 0.05) is 13.6 Å². The molecule has 0 bridgehead atoms. The van der Waals surface area contributed by atoms with Gasteiger partial charge >= 0.3 is 0 Å². The number of anilines is 1. The predicted molar refractivity (Wildman–Crippen MR) is 71.8 cm³/mol. The Balaban J connectivity index is 2.10. The summed E-state index contributed by atoms with van der Waals surface area (Å²) in [6.07, 6.45) is 1.42. The molecule has 1 amide bonds. The second kappa shape index (κ2) is 5.43. The van der Waals surface area contributed by atoms with E-state index in [0.29, 0.717) is 17.9 Å². The quantitative estimate of drug-likeness (QED) is 0.867. The van der Waals surface area contributed by atoms with E-state index in [1.54, 1.807) is 19.1 Å². The fraction of sp³-hybridized carbons (Fsp3) is 0.231. The van der Waals surface area contributed by atoms with Crippen LogP contribution in [0.15, 0.2) is 30.5 Å². The Kier molecular flexibility index (Phi) is 3.70. The standard InChI is InChI=1S/C13H16N4O2/c1-17(13(18)12-11(14)7-15-16-12)8-9-4-3-5-10(6-9)19-2/h3-7H,8,14H2,1-2H3,(H,15,16). The van der Waals surface area contributed by atoms with Crippen molar-refractivity contribution in [3.63, 3.8) is 0 Å². The number of methoxy groups -OCH3 is 1. The molecule has 0 fully saturated rings. The first-order valence-corrected chi connectivity index (χ1v) is 5.79. The van der Waals surface area contributed by atoms with E-state index in [-0.39, 0.29) is 5.91 Å². The summed E-state index contributed by atoms with van der Waals surface area (Å²) in [5, 5.41) is 6.35. The van der Waals surface area contributed by atoms with Crippen LogP contribution in [0.3, 0.4) is 0 Å². The summed E-state index contributed by atoms with van der Waals surface area (Å²) in [4.78, 5) is 13.7. The molecule has 1 aromatic carbocycles. The van der Waals surface area contributed by atoms with Crippen LogP contribution in [0.25, 0.3) is 0 Å². The van der Waals surface area contributed by atoms with Crippen LogP contribution in [-0.4, -0.2) is 35.2 Å². The Bertz CT molecular complexity index is 580. The summed E-state index contributed by atoms with van der Waals surface area (Å²) in [6.45, 7) is 0.467. The van der Waals surface area contributed by atoms with Gasteiger partial charge < -0.3 is 15.4 Å². The van der Waals surface area contributed by atoms with Crippen molar-refractivity contribution in [1.29, 1.82) is 0 Å². The van der Waals surface area contributed by atoms with Gasteiger partial charge in [0.25, 0.3) is 5.91 Å². The van der Waals surface area contributed by atoms with Crippen molar-refractivity contribution in [2.75, 3.05) is 19.9 Å². The largest absolute Gasteiger partial charge is 0.497 e. The molecule has 1 aromatic heterocycles. The van der Waals surface area contributed by atoms with Crippen molar-refractivity contribution >= 4 is 11.6 Å². The van der Waals surface area contributed by atoms with Gasteiger partial charge in [-0.1, -0.05) is 12.1 Å². The summed E-state index contributed by atoms with van der Waals surface area (Å²) in [5.41, 5.74) is 7.30. The molecule has 2 rings (SSSR count). The molecule has 100 valence electrons. The summed E-state index contributed by atoms with van der Waals surface area (Å²) in [5.74, 6) is 0.567. The number of nitrogens with zero attached hydrogens (tertiary/aromatic N) is 2. The third kappa shape index (κ3) is 2.85. The van der Waals surface area contributed by atoms with Crippen LogP contribution in [0.5, 0.6) is 5.75 Å². The second-order valence-corrected chi connectivity index (χ2v) is 4.21. The fourth-order valence-electron chi connectivity index (χ4n) is 1.77. The Morgan fingerprint density at radius 2 is 2.32 bits per heavy atom. The van der Waals surface area contributed by atoms with E-state index in [4.69, 9.17) is 10.5 Å². The van der Waals surface area contributed by atoms with Crippen molar-refractivity contribution in [3.8, 4) is 5.75 Å². The molecule has 0 spiro atoms. The number of hydrogen-bond donors (Lipinski definition) is 2. The van der Waals surface area contributed by atoms with Crippen LogP contribution >= 0.6 is 0 Å². The third-order valence-electron chi connectivity index (χ3n) is 2.78. The molecular formula is C13H16N4O2. The van der Waals surface area contributed by atoms with Crippen molar-refractivity contribution in [2.45, 2.75) is 6.54 Å². The van der Waals surface area contributed by atoms with Crippen LogP contribution in [0.2, 0.25) is 0 Å². The maximum Gasteiger partial charge on any atom is 0.274 e. The molecule has 0 aliphatic carbocycles. The lowest BCUT2D eigenvalue weighted by Crippen LogP contribution is -2.27. The van der Waals surface area contributed by atoms with Gasteiger partial charge in [-0.15, -0.1) is 0 Å². The lowest BCUT2D eigenvalue weighted by Gasteiger charge is -2.17. The number of aromatic amines is 1. The Labute approximate surface area is 111 Å². The predicted octanol–water partition coefficient (Wildman–Crippen LogP) is 1.27. The normalized spacial score (nSPS) is 10.2. The van der Waals surface area contributed by atoms with Gasteiger partial charge in [-0.05, 0) is 17.7 Å². The zero-order chi connectivity index (χ0) is 13.8. The number of ether oxygens (including phenoxy) is 1. The van der Waals surface area contributed by atoms with Crippen LogP contribution in [0, 0.1) is 0 Å². The lowest BCUT2D eigenvalue weighted by atomic mass is 10.2. The van der Waals surface area contributed by atoms with Crippen molar-refractivity contribution < 1.29 is 9.53 Å². The monoisotopic (exact) mass is 260 g/mol. The highest BCUT2D eigenvalue weighted by atomic mass is 16.5. The van der Waals surface area contributed by atoms with E-state index < -0.39 is 0 Å². The minimum Gasteiger partial charge on any atom is -0.497 e. The van der Waals surface area contributed by atoms with E-state index in [9.17, 15) is 4.79 Å². The van der Waals surface area contributed by atoms with Crippen molar-refractivity contribution in [1.82, 2.24) is 15.1 Å². The third-order valence-corrected chi connectivity index (χ3v) is 2.78. The van der Waals surface area contributed by atoms with Gasteiger partial charge in [0.05, 0.1) is 19.0 Å². The Morgan fingerprint density at radius 3 is 2.95 bits per heavy atom. The van der Waals surface area contributed by atoms with Gasteiger partial charge in [-0.3, -0.25) is 9.89 Å². The van der Waals surface area contributed by atoms with E-state index in [2.05, 4.69) is 10.2 Å². The molecule has 0 aliphatic rings. The van der Waals surface area contributed by atoms with Gasteiger partial charge in [0.1, 0.15) is 11.4 Å². The summed E-state index contributed by atoms with van der Waals surface area (Å²) in [7, 11) is 3.32. The molecule has 0 atom stereocenters. The number of carbonyl (C=O) groups excluding carboxylic acids is 1. The number of nitrogens with one attached hydrogen (secondary N) is 1. The number of rotatable bonds is 4. The lowest BCUT2D eigenvalue weighted by molar-refractivity contribution is 0.0780. The molecule has 0 aliphatic heterocycles. The first kappa shape index (κ1) is 12.9. The first-order valence-electron chi connectivity index (χ1n) is 5.79. The molecule has 1 heterocycles. The number of carbonyl (C=O) groups is 1. The highest BCUT2D eigenvalue weighted by Crippen LogP contribution is 2.15. The number of hydrogen-bond acceptors (Lipinski definition) is 4. The molecule has 0 unspecified atom stereocenters. The number of benzene rings is 1. The minimum atomic E-state index is -0.196. The van der Waals surface area contributed by atoms with Gasteiger partial charge in [-0.2, -0.15) is 5.10 Å². The maximum absolute atomic E-state index is 12.1. The number of nitrogens with two attached hydrogens (primary N) is 1. The zero-order valence-corrected chi connectivity index (χ0v) is 10.9. The molecule has 6 heteroatoms. The van der Waals surface area contributed by atoms with E-state index >= 15 is 0 Å². The molecule has 0 saturated carbocycles. The fourth-order valence-corrected chi connectivity index (χ4v) is 1.77. The van der Waals surface area contributed by atoms with Gasteiger partial charge in [0.15, 0.2) is 0 Å². The molecule has 0 saturated heterocycles. The number of amides is 1. The number of aromatic nitrogens is 2. The SMILES string of the molecule is COc1cccc(CN(C)C(=O)c2[nH]ncc2N)c1. The molecule has 2 aromatic rings. The van der Waals surface area contributed by atoms with Crippen molar-refractivity contribution in [3.05, 3.63) is 41.7 Å². The van der Waals surface area contributed by atoms with Gasteiger partial charge in [-0.25, -0.2) is 0 Å². The molecule has 0 radical (unpaired) electrons. The topological polar surface area (TPSA) is 84.2 Å². The first-order chi connectivity index (χ1) is 9.11. The number of H-pyrrole nitrogens is 1. The summed E-state index contributed by atoms with van der Waals surface area (Å²) >= 11 is 0. The molecule has 19 heavy (non-hydrogen) atoms. The van der Waals surface area contributed by atoms with E-state index in [1.165, 1.54) is 6.20 Å². The maximum atomic E-state index is 12.1. The summed E-state index contributed by atoms with van der Waals surface area (Å²) in [6, 6.07) is 7.57. The molecular weight excluding hydrogens is 244 g/mol. The highest BCUT2D eigenvalue weighted by molar-refractivity contribution is 5.96. The van der Waals surface area contributed by atoms with E-state index in [0.717, 1.165) is 11.3 Å². The van der Waals surface area contributed by atoms with Crippen LogP contribution in [0.4, 0.5) is 5.69 Å². The zero-order valence-electron chi connectivity index (χ0n) is 10.9. The van der Waals surface area contributed by atoms with Crippen LogP contribution in [0.1, 0.15) is 16.1 Å². The Hall–Kier alpha value is -2.50. The Morgan fingerprint density at radius 1 is 1.53 bits per heavy atom. The van der Waals surface area contributed by atoms with E-state index in [1.807, 2.05) is 24.3 Å². The minimum absolute atomic E-state index is 0.196. The smallest absolute Gasteiger partial charge is 0.274 e. The highest BCUT2D eigenvalue weighted by Gasteiger charge is 2.16. The van der Waals surface area contributed by atoms with Crippen LogP contribution < -0.4 is 10.5 Å². The van der Waals surface area contributed by atoms with Gasteiger partial charge in [0.2, 0.25) is 0 Å². The van der Waals surface area contributed by atoms with Crippen molar-refractivity contribution in [2.24, 2.45) is 0 Å².